The average Bonchev–Trinajstić information content (AvgIpc) is 3.03. The molecule has 0 N–H and O–H groups in total. The van der Waals surface area contributed by atoms with E-state index in [0.717, 1.165) is 21.2 Å². The fraction of sp³-hybridized carbons (Fsp3) is 0.353. The second kappa shape index (κ2) is 7.36. The van der Waals surface area contributed by atoms with Gasteiger partial charge in [0.1, 0.15) is 6.04 Å². The van der Waals surface area contributed by atoms with Gasteiger partial charge in [-0.1, -0.05) is 36.0 Å². The zero-order valence-corrected chi connectivity index (χ0v) is 15.2. The van der Waals surface area contributed by atoms with Crippen molar-refractivity contribution < 1.29 is 14.3 Å². The zero-order valence-electron chi connectivity index (χ0n) is 13.5. The Morgan fingerprint density at radius 3 is 2.79 bits per heavy atom. The topological polar surface area (TPSA) is 59.5 Å². The second-order valence-corrected chi connectivity index (χ2v) is 7.66. The predicted octanol–water partition coefficient (Wildman–Crippen LogP) is 2.67. The lowest BCUT2D eigenvalue weighted by Gasteiger charge is -2.35. The SMILES string of the molecule is COC(=O)[C@H]1Cc2ccccc2CN1C(=O)CSc1nc(C)cs1. The molecule has 0 aliphatic carbocycles. The van der Waals surface area contributed by atoms with Crippen LogP contribution in [0.5, 0.6) is 0 Å². The molecule has 0 bridgehead atoms. The minimum Gasteiger partial charge on any atom is -0.467 e. The summed E-state index contributed by atoms with van der Waals surface area (Å²) in [5.41, 5.74) is 3.13. The molecular weight excluding hydrogens is 344 g/mol. The van der Waals surface area contributed by atoms with Gasteiger partial charge < -0.3 is 9.64 Å². The van der Waals surface area contributed by atoms with Gasteiger partial charge in [-0.3, -0.25) is 4.79 Å². The number of aryl methyl sites for hydroxylation is 1. The summed E-state index contributed by atoms with van der Waals surface area (Å²) in [5.74, 6) is -0.173. The number of hydrogen-bond acceptors (Lipinski definition) is 6. The molecule has 1 aliphatic rings. The number of rotatable bonds is 4. The fourth-order valence-corrected chi connectivity index (χ4v) is 4.47. The number of carbonyl (C=O) groups is 2. The molecule has 2 aromatic rings. The van der Waals surface area contributed by atoms with Gasteiger partial charge in [-0.05, 0) is 18.1 Å². The van der Waals surface area contributed by atoms with Crippen LogP contribution in [0, 0.1) is 6.92 Å². The molecule has 0 fully saturated rings. The molecule has 7 heteroatoms. The van der Waals surface area contributed by atoms with Crippen molar-refractivity contribution in [2.75, 3.05) is 12.9 Å². The largest absolute Gasteiger partial charge is 0.467 e. The van der Waals surface area contributed by atoms with Crippen LogP contribution >= 0.6 is 23.1 Å². The highest BCUT2D eigenvalue weighted by Gasteiger charge is 2.35. The summed E-state index contributed by atoms with van der Waals surface area (Å²) in [7, 11) is 1.36. The molecule has 126 valence electrons. The van der Waals surface area contributed by atoms with Crippen molar-refractivity contribution in [2.45, 2.75) is 30.3 Å². The lowest BCUT2D eigenvalue weighted by molar-refractivity contribution is -0.153. The van der Waals surface area contributed by atoms with Crippen molar-refractivity contribution in [1.29, 1.82) is 0 Å². The van der Waals surface area contributed by atoms with Crippen molar-refractivity contribution in [1.82, 2.24) is 9.88 Å². The Kier molecular flexibility index (Phi) is 5.20. The first-order chi connectivity index (χ1) is 11.6. The van der Waals surface area contributed by atoms with E-state index >= 15 is 0 Å². The minimum absolute atomic E-state index is 0.0715. The van der Waals surface area contributed by atoms with E-state index in [0.29, 0.717) is 13.0 Å². The Balaban J connectivity index is 1.75. The first kappa shape index (κ1) is 17.0. The van der Waals surface area contributed by atoms with E-state index < -0.39 is 6.04 Å². The average molecular weight is 362 g/mol. The number of esters is 1. The number of thiazole rings is 1. The summed E-state index contributed by atoms with van der Waals surface area (Å²) in [6.45, 7) is 2.36. The van der Waals surface area contributed by atoms with E-state index in [2.05, 4.69) is 4.98 Å². The Hall–Kier alpha value is -1.86. The third-order valence-corrected chi connectivity index (χ3v) is 6.08. The fourth-order valence-electron chi connectivity index (χ4n) is 2.74. The van der Waals surface area contributed by atoms with Gasteiger partial charge in [0.2, 0.25) is 5.91 Å². The van der Waals surface area contributed by atoms with E-state index in [1.807, 2.05) is 36.6 Å². The second-order valence-electron chi connectivity index (χ2n) is 5.58. The molecule has 1 aliphatic heterocycles. The molecule has 0 radical (unpaired) electrons. The number of aromatic nitrogens is 1. The number of methoxy groups -OCH3 is 1. The summed E-state index contributed by atoms with van der Waals surface area (Å²) < 4.78 is 5.77. The maximum atomic E-state index is 12.7. The molecule has 0 saturated heterocycles. The summed E-state index contributed by atoms with van der Waals surface area (Å²) in [4.78, 5) is 30.8. The van der Waals surface area contributed by atoms with Crippen molar-refractivity contribution in [3.8, 4) is 0 Å². The number of carbonyl (C=O) groups excluding carboxylic acids is 2. The molecule has 0 spiro atoms. The number of ether oxygens (including phenoxy) is 1. The first-order valence-corrected chi connectivity index (χ1v) is 9.44. The number of hydrogen-bond donors (Lipinski definition) is 0. The standard InChI is InChI=1S/C17H18N2O3S2/c1-11-9-23-17(18-11)24-10-15(20)19-8-13-6-4-3-5-12(13)7-14(19)16(21)22-2/h3-6,9,14H,7-8,10H2,1-2H3/t14-/m1/s1. The molecule has 3 rings (SSSR count). The summed E-state index contributed by atoms with van der Waals surface area (Å²) in [6, 6.07) is 7.34. The molecule has 1 aromatic heterocycles. The van der Waals surface area contributed by atoms with Crippen LogP contribution in [0.2, 0.25) is 0 Å². The Bertz CT molecular complexity index is 760. The highest BCUT2D eigenvalue weighted by Crippen LogP contribution is 2.27. The van der Waals surface area contributed by atoms with Crippen LogP contribution in [0.1, 0.15) is 16.8 Å². The third kappa shape index (κ3) is 3.62. The number of benzene rings is 1. The maximum Gasteiger partial charge on any atom is 0.328 e. The Morgan fingerprint density at radius 1 is 1.38 bits per heavy atom. The molecule has 1 aromatic carbocycles. The van der Waals surface area contributed by atoms with Crippen LogP contribution in [-0.4, -0.2) is 40.7 Å². The monoisotopic (exact) mass is 362 g/mol. The predicted molar refractivity (Wildman–Crippen MR) is 94.1 cm³/mol. The van der Waals surface area contributed by atoms with Crippen LogP contribution in [0.25, 0.3) is 0 Å². The minimum atomic E-state index is -0.559. The van der Waals surface area contributed by atoms with E-state index in [-0.39, 0.29) is 17.6 Å². The summed E-state index contributed by atoms with van der Waals surface area (Å²) >= 11 is 2.94. The van der Waals surface area contributed by atoms with Crippen molar-refractivity contribution >= 4 is 35.0 Å². The lowest BCUT2D eigenvalue weighted by Crippen LogP contribution is -2.49. The zero-order chi connectivity index (χ0) is 17.1. The van der Waals surface area contributed by atoms with Crippen LogP contribution in [-0.2, 0) is 27.3 Å². The van der Waals surface area contributed by atoms with Gasteiger partial charge in [0.15, 0.2) is 4.34 Å². The Morgan fingerprint density at radius 2 is 2.12 bits per heavy atom. The van der Waals surface area contributed by atoms with Gasteiger partial charge in [-0.2, -0.15) is 0 Å². The van der Waals surface area contributed by atoms with Crippen LogP contribution < -0.4 is 0 Å². The summed E-state index contributed by atoms with van der Waals surface area (Å²) in [5, 5.41) is 1.96. The molecule has 0 unspecified atom stereocenters. The molecule has 5 nitrogen and oxygen atoms in total. The van der Waals surface area contributed by atoms with Gasteiger partial charge >= 0.3 is 5.97 Å². The number of amides is 1. The van der Waals surface area contributed by atoms with Gasteiger partial charge in [-0.15, -0.1) is 11.3 Å². The number of thioether (sulfide) groups is 1. The summed E-state index contributed by atoms with van der Waals surface area (Å²) in [6.07, 6.45) is 0.496. The molecule has 24 heavy (non-hydrogen) atoms. The highest BCUT2D eigenvalue weighted by molar-refractivity contribution is 8.01. The van der Waals surface area contributed by atoms with E-state index in [1.54, 1.807) is 4.90 Å². The highest BCUT2D eigenvalue weighted by atomic mass is 32.2. The number of fused-ring (bicyclic) bond motifs is 1. The van der Waals surface area contributed by atoms with Gasteiger partial charge in [0, 0.05) is 24.0 Å². The van der Waals surface area contributed by atoms with Gasteiger partial charge in [0.05, 0.1) is 12.9 Å². The van der Waals surface area contributed by atoms with Crippen LogP contribution in [0.4, 0.5) is 0 Å². The molecular formula is C17H18N2O3S2. The molecule has 0 saturated carbocycles. The van der Waals surface area contributed by atoms with Crippen LogP contribution in [0.3, 0.4) is 0 Å². The van der Waals surface area contributed by atoms with Gasteiger partial charge in [0.25, 0.3) is 0 Å². The Labute approximate surface area is 149 Å². The van der Waals surface area contributed by atoms with Crippen molar-refractivity contribution in [2.24, 2.45) is 0 Å². The van der Waals surface area contributed by atoms with Gasteiger partial charge in [-0.25, -0.2) is 9.78 Å². The quantitative estimate of drug-likeness (QED) is 0.618. The smallest absolute Gasteiger partial charge is 0.328 e. The normalized spacial score (nSPS) is 16.6. The van der Waals surface area contributed by atoms with E-state index in [1.165, 1.54) is 30.2 Å². The molecule has 1 amide bonds. The van der Waals surface area contributed by atoms with Crippen molar-refractivity contribution in [3.05, 3.63) is 46.5 Å². The first-order valence-electron chi connectivity index (χ1n) is 7.57. The van der Waals surface area contributed by atoms with Crippen LogP contribution in [0.15, 0.2) is 34.0 Å². The number of nitrogens with zero attached hydrogens (tertiary/aromatic N) is 2. The molecule has 2 heterocycles. The maximum absolute atomic E-state index is 12.7. The van der Waals surface area contributed by atoms with E-state index in [9.17, 15) is 9.59 Å². The third-order valence-electron chi connectivity index (χ3n) is 3.96. The molecule has 1 atom stereocenters. The lowest BCUT2D eigenvalue weighted by atomic mass is 9.94. The van der Waals surface area contributed by atoms with E-state index in [4.69, 9.17) is 4.74 Å². The van der Waals surface area contributed by atoms with Crippen molar-refractivity contribution in [3.63, 3.8) is 0 Å².